The van der Waals surface area contributed by atoms with E-state index in [0.29, 0.717) is 25.9 Å². The molecule has 1 heterocycles. The minimum atomic E-state index is 0.0115. The predicted octanol–water partition coefficient (Wildman–Crippen LogP) is 3.99. The molecular formula is C28H30N4O2. The number of aryl methyl sites for hydroxylation is 1. The van der Waals surface area contributed by atoms with E-state index in [1.807, 2.05) is 96.5 Å². The highest BCUT2D eigenvalue weighted by atomic mass is 16.2. The lowest BCUT2D eigenvalue weighted by atomic mass is 10.1. The third-order valence-corrected chi connectivity index (χ3v) is 5.82. The van der Waals surface area contributed by atoms with Gasteiger partial charge in [0.1, 0.15) is 12.4 Å². The number of fused-ring (bicyclic) bond motifs is 1. The molecule has 0 saturated carbocycles. The number of hydrogen-bond acceptors (Lipinski definition) is 3. The maximum absolute atomic E-state index is 13.0. The topological polar surface area (TPSA) is 67.2 Å². The fourth-order valence-corrected chi connectivity index (χ4v) is 4.01. The fraction of sp³-hybridized carbons (Fsp3) is 0.250. The highest BCUT2D eigenvalue weighted by molar-refractivity contribution is 5.81. The van der Waals surface area contributed by atoms with Gasteiger partial charge in [-0.25, -0.2) is 4.98 Å². The monoisotopic (exact) mass is 454 g/mol. The van der Waals surface area contributed by atoms with Crippen LogP contribution in [0.15, 0.2) is 84.9 Å². The Bertz CT molecular complexity index is 1240. The molecule has 34 heavy (non-hydrogen) atoms. The van der Waals surface area contributed by atoms with Crippen molar-refractivity contribution in [1.29, 1.82) is 0 Å². The summed E-state index contributed by atoms with van der Waals surface area (Å²) in [4.78, 5) is 31.8. The minimum Gasteiger partial charge on any atom is -0.356 e. The Kier molecular flexibility index (Phi) is 7.71. The van der Waals surface area contributed by atoms with Crippen LogP contribution in [0.25, 0.3) is 11.0 Å². The molecule has 174 valence electrons. The van der Waals surface area contributed by atoms with E-state index in [0.717, 1.165) is 34.4 Å². The van der Waals surface area contributed by atoms with E-state index in [2.05, 4.69) is 5.32 Å². The van der Waals surface area contributed by atoms with Crippen molar-refractivity contribution in [3.8, 4) is 0 Å². The zero-order valence-electron chi connectivity index (χ0n) is 19.5. The van der Waals surface area contributed by atoms with Crippen LogP contribution in [-0.4, -0.2) is 39.9 Å². The molecule has 2 amide bonds. The molecule has 1 aromatic heterocycles. The standard InChI is InChI=1S/C28H30N4O2/c1-31(20-23-13-6-3-7-14-23)28(34)21-32-25-16-9-8-15-24(25)30-26(32)17-10-18-29-27(33)19-22-11-4-2-5-12-22/h2-9,11-16H,10,17-21H2,1H3,(H,29,33). The molecule has 0 unspecified atom stereocenters. The molecule has 3 aromatic carbocycles. The van der Waals surface area contributed by atoms with Gasteiger partial charge in [-0.15, -0.1) is 0 Å². The first-order valence-electron chi connectivity index (χ1n) is 11.6. The average Bonchev–Trinajstić information content (AvgIpc) is 3.20. The van der Waals surface area contributed by atoms with Crippen LogP contribution in [0.2, 0.25) is 0 Å². The van der Waals surface area contributed by atoms with Gasteiger partial charge < -0.3 is 14.8 Å². The van der Waals surface area contributed by atoms with Gasteiger partial charge in [-0.05, 0) is 29.7 Å². The highest BCUT2D eigenvalue weighted by Gasteiger charge is 2.16. The Morgan fingerprint density at radius 1 is 0.882 bits per heavy atom. The third-order valence-electron chi connectivity index (χ3n) is 5.82. The van der Waals surface area contributed by atoms with Gasteiger partial charge in [0.25, 0.3) is 0 Å². The summed E-state index contributed by atoms with van der Waals surface area (Å²) in [6, 6.07) is 27.6. The van der Waals surface area contributed by atoms with Gasteiger partial charge in [-0.3, -0.25) is 9.59 Å². The summed E-state index contributed by atoms with van der Waals surface area (Å²) in [6.45, 7) is 1.37. The lowest BCUT2D eigenvalue weighted by molar-refractivity contribution is -0.131. The van der Waals surface area contributed by atoms with Crippen LogP contribution >= 0.6 is 0 Å². The molecule has 6 heteroatoms. The highest BCUT2D eigenvalue weighted by Crippen LogP contribution is 2.18. The fourth-order valence-electron chi connectivity index (χ4n) is 4.01. The van der Waals surface area contributed by atoms with E-state index in [1.54, 1.807) is 4.90 Å². The normalized spacial score (nSPS) is 10.9. The van der Waals surface area contributed by atoms with Gasteiger partial charge in [0.2, 0.25) is 11.8 Å². The summed E-state index contributed by atoms with van der Waals surface area (Å²) in [6.07, 6.45) is 1.80. The van der Waals surface area contributed by atoms with Gasteiger partial charge in [0.05, 0.1) is 17.5 Å². The maximum atomic E-state index is 13.0. The molecule has 0 aliphatic carbocycles. The molecular weight excluding hydrogens is 424 g/mol. The van der Waals surface area contributed by atoms with Gasteiger partial charge >= 0.3 is 0 Å². The number of rotatable bonds is 10. The molecule has 0 radical (unpaired) electrons. The van der Waals surface area contributed by atoms with Crippen LogP contribution in [0.5, 0.6) is 0 Å². The van der Waals surface area contributed by atoms with Crippen molar-refractivity contribution >= 4 is 22.8 Å². The summed E-state index contributed by atoms with van der Waals surface area (Å²) < 4.78 is 2.00. The van der Waals surface area contributed by atoms with Crippen LogP contribution in [0, 0.1) is 0 Å². The van der Waals surface area contributed by atoms with Crippen molar-refractivity contribution in [3.05, 3.63) is 102 Å². The number of aromatic nitrogens is 2. The number of para-hydroxylation sites is 2. The summed E-state index contributed by atoms with van der Waals surface area (Å²) in [5, 5.41) is 2.99. The van der Waals surface area contributed by atoms with Crippen molar-refractivity contribution in [2.75, 3.05) is 13.6 Å². The zero-order chi connectivity index (χ0) is 23.8. The second-order valence-corrected chi connectivity index (χ2v) is 8.45. The number of carbonyl (C=O) groups is 2. The quantitative estimate of drug-likeness (QED) is 0.369. The summed E-state index contributed by atoms with van der Waals surface area (Å²) in [5.74, 6) is 0.904. The van der Waals surface area contributed by atoms with Crippen molar-refractivity contribution in [2.45, 2.75) is 32.4 Å². The predicted molar refractivity (Wildman–Crippen MR) is 134 cm³/mol. The van der Waals surface area contributed by atoms with Gasteiger partial charge in [0.15, 0.2) is 0 Å². The van der Waals surface area contributed by atoms with E-state index in [9.17, 15) is 9.59 Å². The van der Waals surface area contributed by atoms with Gasteiger partial charge in [0, 0.05) is 26.6 Å². The zero-order valence-corrected chi connectivity index (χ0v) is 19.5. The van der Waals surface area contributed by atoms with Crippen molar-refractivity contribution in [2.24, 2.45) is 0 Å². The maximum Gasteiger partial charge on any atom is 0.242 e. The first-order chi connectivity index (χ1) is 16.6. The smallest absolute Gasteiger partial charge is 0.242 e. The van der Waals surface area contributed by atoms with Gasteiger partial charge in [-0.1, -0.05) is 72.8 Å². The molecule has 0 aliphatic rings. The SMILES string of the molecule is CN(Cc1ccccc1)C(=O)Cn1c(CCCNC(=O)Cc2ccccc2)nc2ccccc21. The van der Waals surface area contributed by atoms with E-state index >= 15 is 0 Å². The molecule has 0 bridgehead atoms. The molecule has 0 fully saturated rings. The number of carbonyl (C=O) groups excluding carboxylic acids is 2. The molecule has 4 rings (SSSR count). The molecule has 0 aliphatic heterocycles. The van der Waals surface area contributed by atoms with Crippen LogP contribution in [0.3, 0.4) is 0 Å². The molecule has 1 N–H and O–H groups in total. The molecule has 0 atom stereocenters. The van der Waals surface area contributed by atoms with Crippen LogP contribution in [0.4, 0.5) is 0 Å². The Morgan fingerprint density at radius 3 is 2.26 bits per heavy atom. The lowest BCUT2D eigenvalue weighted by Gasteiger charge is -2.19. The Morgan fingerprint density at radius 2 is 1.53 bits per heavy atom. The molecule has 4 aromatic rings. The Labute approximate surface area is 200 Å². The second-order valence-electron chi connectivity index (χ2n) is 8.45. The van der Waals surface area contributed by atoms with Crippen molar-refractivity contribution in [1.82, 2.24) is 19.8 Å². The third kappa shape index (κ3) is 6.10. The number of nitrogens with one attached hydrogen (secondary N) is 1. The van der Waals surface area contributed by atoms with Crippen molar-refractivity contribution < 1.29 is 9.59 Å². The van der Waals surface area contributed by atoms with E-state index in [-0.39, 0.29) is 18.4 Å². The molecule has 0 saturated heterocycles. The Balaban J connectivity index is 1.37. The second kappa shape index (κ2) is 11.3. The van der Waals surface area contributed by atoms with E-state index in [1.165, 1.54) is 0 Å². The van der Waals surface area contributed by atoms with Crippen molar-refractivity contribution in [3.63, 3.8) is 0 Å². The number of amides is 2. The first-order valence-corrected chi connectivity index (χ1v) is 11.6. The van der Waals surface area contributed by atoms with Crippen LogP contribution in [0.1, 0.15) is 23.4 Å². The number of nitrogens with zero attached hydrogens (tertiary/aromatic N) is 3. The molecule has 0 spiro atoms. The lowest BCUT2D eigenvalue weighted by Crippen LogP contribution is -2.30. The van der Waals surface area contributed by atoms with Gasteiger partial charge in [-0.2, -0.15) is 0 Å². The van der Waals surface area contributed by atoms with Crippen LogP contribution in [-0.2, 0) is 35.5 Å². The number of likely N-dealkylation sites (N-methyl/N-ethyl adjacent to an activating group) is 1. The number of hydrogen-bond donors (Lipinski definition) is 1. The molecule has 6 nitrogen and oxygen atoms in total. The van der Waals surface area contributed by atoms with E-state index < -0.39 is 0 Å². The minimum absolute atomic E-state index is 0.0115. The van der Waals surface area contributed by atoms with E-state index in [4.69, 9.17) is 4.98 Å². The largest absolute Gasteiger partial charge is 0.356 e. The number of imidazole rings is 1. The summed E-state index contributed by atoms with van der Waals surface area (Å²) in [5.41, 5.74) is 3.93. The van der Waals surface area contributed by atoms with Crippen LogP contribution < -0.4 is 5.32 Å². The number of benzene rings is 3. The average molecular weight is 455 g/mol. The summed E-state index contributed by atoms with van der Waals surface area (Å²) >= 11 is 0. The Hall–Kier alpha value is -3.93. The summed E-state index contributed by atoms with van der Waals surface area (Å²) in [7, 11) is 1.83. The first kappa shape index (κ1) is 23.2.